The van der Waals surface area contributed by atoms with Crippen LogP contribution < -0.4 is 5.32 Å². The number of hydrogen-bond donors (Lipinski definition) is 2. The van der Waals surface area contributed by atoms with Gasteiger partial charge in [0.05, 0.1) is 13.1 Å². The highest BCUT2D eigenvalue weighted by Crippen LogP contribution is 2.10. The van der Waals surface area contributed by atoms with Crippen molar-refractivity contribution in [1.82, 2.24) is 15.5 Å². The van der Waals surface area contributed by atoms with E-state index in [0.717, 1.165) is 0 Å². The maximum atomic E-state index is 10.2. The Kier molecular flexibility index (Phi) is 3.58. The van der Waals surface area contributed by atoms with Gasteiger partial charge in [-0.15, -0.1) is 0 Å². The first-order chi connectivity index (χ1) is 6.59. The first-order valence-electron chi connectivity index (χ1n) is 4.34. The van der Waals surface area contributed by atoms with Crippen molar-refractivity contribution < 1.29 is 14.4 Å². The Bertz CT molecular complexity index is 309. The Labute approximate surface area is 81.3 Å². The molecule has 0 saturated carbocycles. The lowest BCUT2D eigenvalue weighted by atomic mass is 10.2. The minimum Gasteiger partial charge on any atom is -0.480 e. The van der Waals surface area contributed by atoms with E-state index < -0.39 is 5.97 Å². The van der Waals surface area contributed by atoms with Crippen LogP contribution in [0.15, 0.2) is 4.52 Å². The fraction of sp³-hybridized carbons (Fsp3) is 0.625. The molecular formula is C8H13N3O3. The Balaban J connectivity index is 2.40. The van der Waals surface area contributed by atoms with Crippen LogP contribution in [-0.2, 0) is 11.3 Å². The van der Waals surface area contributed by atoms with Crippen LogP contribution in [-0.4, -0.2) is 27.8 Å². The predicted molar refractivity (Wildman–Crippen MR) is 47.7 cm³/mol. The van der Waals surface area contributed by atoms with Crippen LogP contribution in [0, 0.1) is 0 Å². The molecule has 0 amide bonds. The standard InChI is InChI=1S/C8H13N3O3/c1-5(2)8-10-6(11-14-8)3-9-4-7(12)13/h5,9H,3-4H2,1-2H3,(H,12,13). The monoisotopic (exact) mass is 199 g/mol. The van der Waals surface area contributed by atoms with Gasteiger partial charge in [-0.25, -0.2) is 0 Å². The van der Waals surface area contributed by atoms with Gasteiger partial charge in [-0.1, -0.05) is 19.0 Å². The van der Waals surface area contributed by atoms with Crippen molar-refractivity contribution >= 4 is 5.97 Å². The van der Waals surface area contributed by atoms with Crippen LogP contribution in [0.4, 0.5) is 0 Å². The zero-order valence-corrected chi connectivity index (χ0v) is 8.15. The Morgan fingerprint density at radius 2 is 2.36 bits per heavy atom. The first kappa shape index (κ1) is 10.6. The molecule has 0 fully saturated rings. The number of rotatable bonds is 5. The van der Waals surface area contributed by atoms with Crippen LogP contribution in [0.5, 0.6) is 0 Å². The fourth-order valence-electron chi connectivity index (χ4n) is 0.855. The average Bonchev–Trinajstić information content (AvgIpc) is 2.52. The van der Waals surface area contributed by atoms with Gasteiger partial charge in [0, 0.05) is 5.92 Å². The Morgan fingerprint density at radius 1 is 1.64 bits per heavy atom. The first-order valence-corrected chi connectivity index (χ1v) is 4.34. The van der Waals surface area contributed by atoms with Gasteiger partial charge in [0.1, 0.15) is 0 Å². The fourth-order valence-corrected chi connectivity index (χ4v) is 0.855. The predicted octanol–water partition coefficient (Wildman–Crippen LogP) is 0.367. The highest BCUT2D eigenvalue weighted by Gasteiger charge is 2.09. The zero-order valence-electron chi connectivity index (χ0n) is 8.15. The van der Waals surface area contributed by atoms with Crippen LogP contribution in [0.2, 0.25) is 0 Å². The van der Waals surface area contributed by atoms with Gasteiger partial charge in [0.25, 0.3) is 0 Å². The maximum absolute atomic E-state index is 10.2. The molecule has 1 heterocycles. The van der Waals surface area contributed by atoms with E-state index in [4.69, 9.17) is 9.63 Å². The topological polar surface area (TPSA) is 88.2 Å². The van der Waals surface area contributed by atoms with Gasteiger partial charge < -0.3 is 9.63 Å². The van der Waals surface area contributed by atoms with Gasteiger partial charge in [-0.2, -0.15) is 4.98 Å². The summed E-state index contributed by atoms with van der Waals surface area (Å²) in [7, 11) is 0. The maximum Gasteiger partial charge on any atom is 0.317 e. The summed E-state index contributed by atoms with van der Waals surface area (Å²) in [5.41, 5.74) is 0. The molecule has 6 nitrogen and oxygen atoms in total. The third kappa shape index (κ3) is 3.14. The highest BCUT2D eigenvalue weighted by atomic mass is 16.5. The number of aliphatic carboxylic acids is 1. The van der Waals surface area contributed by atoms with Gasteiger partial charge >= 0.3 is 5.97 Å². The molecule has 0 aliphatic rings. The Morgan fingerprint density at radius 3 is 2.86 bits per heavy atom. The minimum atomic E-state index is -0.905. The van der Waals surface area contributed by atoms with Crippen molar-refractivity contribution in [2.45, 2.75) is 26.3 Å². The van der Waals surface area contributed by atoms with Crippen molar-refractivity contribution in [3.63, 3.8) is 0 Å². The number of carbonyl (C=O) groups is 1. The van der Waals surface area contributed by atoms with Gasteiger partial charge in [0.2, 0.25) is 5.89 Å². The molecule has 0 radical (unpaired) electrons. The van der Waals surface area contributed by atoms with Crippen molar-refractivity contribution in [2.75, 3.05) is 6.54 Å². The smallest absolute Gasteiger partial charge is 0.317 e. The molecule has 0 aromatic carbocycles. The molecule has 0 saturated heterocycles. The summed E-state index contributed by atoms with van der Waals surface area (Å²) in [5.74, 6) is 0.334. The average molecular weight is 199 g/mol. The number of hydrogen-bond acceptors (Lipinski definition) is 5. The lowest BCUT2D eigenvalue weighted by molar-refractivity contribution is -0.136. The molecule has 1 aromatic rings. The van der Waals surface area contributed by atoms with E-state index in [0.29, 0.717) is 18.3 Å². The van der Waals surface area contributed by atoms with E-state index in [2.05, 4.69) is 15.5 Å². The zero-order chi connectivity index (χ0) is 10.6. The second kappa shape index (κ2) is 4.71. The number of aromatic nitrogens is 2. The summed E-state index contributed by atoms with van der Waals surface area (Å²) in [6.07, 6.45) is 0. The number of nitrogens with one attached hydrogen (secondary N) is 1. The summed E-state index contributed by atoms with van der Waals surface area (Å²) in [6, 6.07) is 0. The molecule has 78 valence electrons. The molecule has 2 N–H and O–H groups in total. The van der Waals surface area contributed by atoms with Gasteiger partial charge in [0.15, 0.2) is 5.82 Å². The molecule has 0 unspecified atom stereocenters. The lowest BCUT2D eigenvalue weighted by Crippen LogP contribution is -2.22. The molecule has 6 heteroatoms. The van der Waals surface area contributed by atoms with Crippen molar-refractivity contribution in [2.24, 2.45) is 0 Å². The van der Waals surface area contributed by atoms with E-state index in [9.17, 15) is 4.79 Å². The number of carboxylic acid groups (broad SMARTS) is 1. The molecule has 0 atom stereocenters. The molecule has 0 aliphatic carbocycles. The molecule has 1 rings (SSSR count). The lowest BCUT2D eigenvalue weighted by Gasteiger charge is -1.95. The van der Waals surface area contributed by atoms with Crippen molar-refractivity contribution in [1.29, 1.82) is 0 Å². The summed E-state index contributed by atoms with van der Waals surface area (Å²) < 4.78 is 4.94. The van der Waals surface area contributed by atoms with E-state index in [-0.39, 0.29) is 12.5 Å². The van der Waals surface area contributed by atoms with Crippen LogP contribution in [0.3, 0.4) is 0 Å². The second-order valence-electron chi connectivity index (χ2n) is 3.20. The van der Waals surface area contributed by atoms with Crippen molar-refractivity contribution in [3.8, 4) is 0 Å². The quantitative estimate of drug-likeness (QED) is 0.712. The Hall–Kier alpha value is -1.43. The largest absolute Gasteiger partial charge is 0.480 e. The number of nitrogens with zero attached hydrogens (tertiary/aromatic N) is 2. The molecule has 14 heavy (non-hydrogen) atoms. The number of carboxylic acids is 1. The van der Waals surface area contributed by atoms with Crippen molar-refractivity contribution in [3.05, 3.63) is 11.7 Å². The molecule has 0 bridgehead atoms. The molecule has 0 aliphatic heterocycles. The second-order valence-corrected chi connectivity index (χ2v) is 3.20. The summed E-state index contributed by atoms with van der Waals surface area (Å²) in [6.45, 7) is 4.10. The van der Waals surface area contributed by atoms with E-state index >= 15 is 0 Å². The van der Waals surface area contributed by atoms with Crippen LogP contribution in [0.25, 0.3) is 0 Å². The SMILES string of the molecule is CC(C)c1nc(CNCC(=O)O)no1. The molecular weight excluding hydrogens is 186 g/mol. The van der Waals surface area contributed by atoms with Gasteiger partial charge in [-0.3, -0.25) is 10.1 Å². The third-order valence-electron chi connectivity index (χ3n) is 1.54. The summed E-state index contributed by atoms with van der Waals surface area (Å²) in [5, 5.41) is 14.7. The van der Waals surface area contributed by atoms with Gasteiger partial charge in [-0.05, 0) is 0 Å². The third-order valence-corrected chi connectivity index (χ3v) is 1.54. The summed E-state index contributed by atoms with van der Waals surface area (Å²) >= 11 is 0. The summed E-state index contributed by atoms with van der Waals surface area (Å²) in [4.78, 5) is 14.2. The molecule has 0 spiro atoms. The van der Waals surface area contributed by atoms with Crippen LogP contribution >= 0.6 is 0 Å². The van der Waals surface area contributed by atoms with E-state index in [1.165, 1.54) is 0 Å². The van der Waals surface area contributed by atoms with Crippen LogP contribution in [0.1, 0.15) is 31.5 Å². The van der Waals surface area contributed by atoms with E-state index in [1.807, 2.05) is 13.8 Å². The minimum absolute atomic E-state index is 0.106. The van der Waals surface area contributed by atoms with E-state index in [1.54, 1.807) is 0 Å². The highest BCUT2D eigenvalue weighted by molar-refractivity contribution is 5.68. The normalized spacial score (nSPS) is 10.8. The molecule has 1 aromatic heterocycles.